The van der Waals surface area contributed by atoms with Gasteiger partial charge in [0.25, 0.3) is 5.60 Å². The molecule has 1 saturated heterocycles. The van der Waals surface area contributed by atoms with E-state index < -0.39 is 89.0 Å². The van der Waals surface area contributed by atoms with Crippen LogP contribution in [0.3, 0.4) is 0 Å². The molecule has 1 fully saturated rings. The molecule has 36 heavy (non-hydrogen) atoms. The third kappa shape index (κ3) is 4.50. The van der Waals surface area contributed by atoms with Gasteiger partial charge in [-0.2, -0.15) is 0 Å². The monoisotopic (exact) mass is 519 g/mol. The van der Waals surface area contributed by atoms with Crippen molar-refractivity contribution in [2.24, 2.45) is 5.73 Å². The minimum absolute atomic E-state index is 0.649. The summed E-state index contributed by atoms with van der Waals surface area (Å²) in [6.07, 6.45) is -3.21. The number of hydrogen-bond acceptors (Lipinski definition) is 14. The SMILES string of the molecule is CC(=O)O[C@@]1(C(=O)O)C[C@H](O)[C@@H](N)[C@](C(C)=O)([C@@](OC(C)=O)(C(C)=O)[C@@](CO)(OC(C)=O)C(C)=O)O1. The number of aliphatic hydroxyl groups is 2. The fraction of sp³-hybridized carbons (Fsp3) is 0.667. The summed E-state index contributed by atoms with van der Waals surface area (Å²) < 4.78 is 20.6. The Labute approximate surface area is 204 Å². The first-order valence-corrected chi connectivity index (χ1v) is 10.4. The predicted octanol–water partition coefficient (Wildman–Crippen LogP) is -2.46. The molecule has 0 aromatic rings. The highest BCUT2D eigenvalue weighted by atomic mass is 16.8. The van der Waals surface area contributed by atoms with Crippen molar-refractivity contribution in [2.75, 3.05) is 6.61 Å². The molecule has 5 N–H and O–H groups in total. The smallest absolute Gasteiger partial charge is 0.377 e. The van der Waals surface area contributed by atoms with E-state index in [0.717, 1.165) is 13.8 Å². The number of carbonyl (C=O) groups excluding carboxylic acids is 6. The Morgan fingerprint density at radius 3 is 1.72 bits per heavy atom. The van der Waals surface area contributed by atoms with Gasteiger partial charge in [-0.15, -0.1) is 0 Å². The number of nitrogens with two attached hydrogens (primary N) is 1. The lowest BCUT2D eigenvalue weighted by atomic mass is 9.60. The zero-order valence-corrected chi connectivity index (χ0v) is 20.5. The predicted molar refractivity (Wildman–Crippen MR) is 113 cm³/mol. The molecule has 1 heterocycles. The molecule has 1 rings (SSSR count). The van der Waals surface area contributed by atoms with Crippen LogP contribution in [0.2, 0.25) is 0 Å². The molecule has 1 aliphatic heterocycles. The number of Topliss-reactive ketones (excluding diaryl/α,β-unsaturated/α-hetero) is 3. The minimum atomic E-state index is -3.54. The number of aliphatic carboxylic acids is 1. The molecular formula is C21H29NO14. The number of esters is 3. The van der Waals surface area contributed by atoms with E-state index in [-0.39, 0.29) is 0 Å². The van der Waals surface area contributed by atoms with E-state index in [1.807, 2.05) is 0 Å². The first-order chi connectivity index (χ1) is 16.3. The lowest BCUT2D eigenvalue weighted by molar-refractivity contribution is -0.344. The van der Waals surface area contributed by atoms with E-state index in [0.29, 0.717) is 27.7 Å². The molecule has 0 unspecified atom stereocenters. The Balaban J connectivity index is 4.49. The fourth-order valence-corrected chi connectivity index (χ4v) is 4.56. The number of carboxylic acid groups (broad SMARTS) is 1. The van der Waals surface area contributed by atoms with Crippen molar-refractivity contribution >= 4 is 41.2 Å². The van der Waals surface area contributed by atoms with Crippen molar-refractivity contribution in [3.05, 3.63) is 0 Å². The molecule has 0 spiro atoms. The van der Waals surface area contributed by atoms with Crippen LogP contribution in [0.1, 0.15) is 48.0 Å². The minimum Gasteiger partial charge on any atom is -0.476 e. The molecule has 0 amide bonds. The molecule has 0 bridgehead atoms. The molecule has 1 aliphatic rings. The summed E-state index contributed by atoms with van der Waals surface area (Å²) >= 11 is 0. The second-order valence-corrected chi connectivity index (χ2v) is 8.31. The maximum absolute atomic E-state index is 13.4. The number of rotatable bonds is 10. The second-order valence-electron chi connectivity index (χ2n) is 8.31. The zero-order chi connectivity index (χ0) is 28.4. The summed E-state index contributed by atoms with van der Waals surface area (Å²) in [5.41, 5.74) is -4.09. The summed E-state index contributed by atoms with van der Waals surface area (Å²) in [4.78, 5) is 88.2. The number of carbonyl (C=O) groups is 7. The van der Waals surface area contributed by atoms with Gasteiger partial charge in [0.05, 0.1) is 25.2 Å². The third-order valence-corrected chi connectivity index (χ3v) is 5.84. The number of hydrogen-bond donors (Lipinski definition) is 4. The molecule has 0 aromatic heterocycles. The Bertz CT molecular complexity index is 993. The van der Waals surface area contributed by atoms with Crippen LogP contribution in [0.15, 0.2) is 0 Å². The average molecular weight is 519 g/mol. The normalized spacial score (nSPS) is 29.0. The van der Waals surface area contributed by atoms with Crippen LogP contribution in [-0.2, 0) is 52.5 Å². The lowest BCUT2D eigenvalue weighted by Crippen LogP contribution is -2.87. The van der Waals surface area contributed by atoms with Gasteiger partial charge in [-0.3, -0.25) is 28.8 Å². The first-order valence-electron chi connectivity index (χ1n) is 10.4. The second kappa shape index (κ2) is 10.4. The van der Waals surface area contributed by atoms with Crippen LogP contribution in [0.4, 0.5) is 0 Å². The zero-order valence-electron chi connectivity index (χ0n) is 20.5. The van der Waals surface area contributed by atoms with Crippen molar-refractivity contribution in [1.29, 1.82) is 0 Å². The van der Waals surface area contributed by atoms with Crippen LogP contribution in [0.25, 0.3) is 0 Å². The van der Waals surface area contributed by atoms with Gasteiger partial charge in [-0.25, -0.2) is 4.79 Å². The van der Waals surface area contributed by atoms with Crippen LogP contribution in [0.5, 0.6) is 0 Å². The molecule has 6 atom stereocenters. The van der Waals surface area contributed by atoms with Crippen molar-refractivity contribution in [1.82, 2.24) is 0 Å². The van der Waals surface area contributed by atoms with Gasteiger partial charge in [-0.1, -0.05) is 0 Å². The summed E-state index contributed by atoms with van der Waals surface area (Å²) in [7, 11) is 0. The summed E-state index contributed by atoms with van der Waals surface area (Å²) in [6, 6.07) is -2.18. The fourth-order valence-electron chi connectivity index (χ4n) is 4.56. The van der Waals surface area contributed by atoms with Crippen molar-refractivity contribution in [3.63, 3.8) is 0 Å². The Kier molecular flexibility index (Phi) is 8.87. The van der Waals surface area contributed by atoms with Gasteiger partial charge in [0.1, 0.15) is 0 Å². The van der Waals surface area contributed by atoms with Crippen LogP contribution in [0, 0.1) is 0 Å². The van der Waals surface area contributed by atoms with Crippen molar-refractivity contribution in [2.45, 2.75) is 82.7 Å². The molecule has 15 heteroatoms. The van der Waals surface area contributed by atoms with Gasteiger partial charge in [0.2, 0.25) is 5.60 Å². The highest BCUT2D eigenvalue weighted by Crippen LogP contribution is 2.51. The number of carboxylic acids is 1. The molecule has 202 valence electrons. The highest BCUT2D eigenvalue weighted by molar-refractivity contribution is 6.07. The maximum Gasteiger partial charge on any atom is 0.377 e. The van der Waals surface area contributed by atoms with Gasteiger partial charge >= 0.3 is 29.7 Å². The van der Waals surface area contributed by atoms with Gasteiger partial charge in [0, 0.05) is 20.8 Å². The van der Waals surface area contributed by atoms with Gasteiger partial charge in [0.15, 0.2) is 23.0 Å². The summed E-state index contributed by atoms with van der Waals surface area (Å²) in [6.45, 7) is 2.65. The largest absolute Gasteiger partial charge is 0.476 e. The van der Waals surface area contributed by atoms with E-state index in [9.17, 15) is 48.9 Å². The van der Waals surface area contributed by atoms with Crippen LogP contribution < -0.4 is 5.73 Å². The quantitative estimate of drug-likeness (QED) is 0.173. The van der Waals surface area contributed by atoms with Gasteiger partial charge < -0.3 is 40.0 Å². The molecule has 0 aliphatic carbocycles. The topological polar surface area (TPSA) is 243 Å². The number of ether oxygens (including phenoxy) is 4. The van der Waals surface area contributed by atoms with Crippen LogP contribution in [-0.4, -0.2) is 97.9 Å². The maximum atomic E-state index is 13.4. The van der Waals surface area contributed by atoms with E-state index >= 15 is 0 Å². The van der Waals surface area contributed by atoms with Crippen molar-refractivity contribution < 1.29 is 67.8 Å². The van der Waals surface area contributed by atoms with E-state index in [1.165, 1.54) is 0 Å². The molecular weight excluding hydrogens is 490 g/mol. The molecule has 0 radical (unpaired) electrons. The standard InChI is InChI=1S/C21H29NO14/c1-9(24)18(8-23,33-12(4)27)21(11(3)26,35-14(6)29)20(10(2)25)16(22)15(30)7-19(36-20,17(31)32)34-13(5)28/h15-16,23,30H,7-8,22H2,1-6H3,(H,31,32)/t15-,16+,18-,19-,20+,21+/m0/s1. The molecule has 0 aromatic carbocycles. The molecule has 0 saturated carbocycles. The van der Waals surface area contributed by atoms with Crippen LogP contribution >= 0.6 is 0 Å². The van der Waals surface area contributed by atoms with Gasteiger partial charge in [-0.05, 0) is 20.8 Å². The average Bonchev–Trinajstić information content (AvgIpc) is 2.71. The number of ketones is 3. The Morgan fingerprint density at radius 1 is 0.917 bits per heavy atom. The molecule has 15 nitrogen and oxygen atoms in total. The first kappa shape index (κ1) is 30.8. The van der Waals surface area contributed by atoms with Crippen molar-refractivity contribution in [3.8, 4) is 0 Å². The number of aliphatic hydroxyl groups excluding tert-OH is 2. The Morgan fingerprint density at radius 2 is 1.42 bits per heavy atom. The third-order valence-electron chi connectivity index (χ3n) is 5.84. The lowest BCUT2D eigenvalue weighted by Gasteiger charge is -2.59. The summed E-state index contributed by atoms with van der Waals surface area (Å²) in [5, 5.41) is 31.0. The van der Waals surface area contributed by atoms with E-state index in [2.05, 4.69) is 0 Å². The summed E-state index contributed by atoms with van der Waals surface area (Å²) in [5.74, 6) is -13.6. The highest BCUT2D eigenvalue weighted by Gasteiger charge is 2.81. The van der Waals surface area contributed by atoms with E-state index in [4.69, 9.17) is 24.7 Å². The Hall–Kier alpha value is -3.27. The van der Waals surface area contributed by atoms with E-state index in [1.54, 1.807) is 0 Å².